The molecule has 0 fully saturated rings. The van der Waals surface area contributed by atoms with E-state index in [-0.39, 0.29) is 25.7 Å². The number of aliphatic hydroxyl groups excluding tert-OH is 1. The molecule has 3 N–H and O–H groups in total. The summed E-state index contributed by atoms with van der Waals surface area (Å²) in [5, 5.41) is 10.6. The van der Waals surface area contributed by atoms with Gasteiger partial charge in [0.25, 0.3) is 0 Å². The maximum atomic E-state index is 13.1. The van der Waals surface area contributed by atoms with E-state index in [1.54, 1.807) is 0 Å². The Morgan fingerprint density at radius 2 is 0.480 bits per heavy atom. The van der Waals surface area contributed by atoms with Gasteiger partial charge in [-0.05, 0) is 49.4 Å². The molecule has 100 heavy (non-hydrogen) atoms. The van der Waals surface area contributed by atoms with Gasteiger partial charge in [-0.2, -0.15) is 0 Å². The van der Waals surface area contributed by atoms with Crippen LogP contribution in [-0.4, -0.2) is 96.7 Å². The summed E-state index contributed by atoms with van der Waals surface area (Å²) in [7, 11) is -9.92. The van der Waals surface area contributed by atoms with Crippen LogP contribution in [0.3, 0.4) is 0 Å². The first kappa shape index (κ1) is 98.1. The monoisotopic (exact) mass is 1470 g/mol. The number of hydrogen-bond acceptors (Lipinski definition) is 15. The molecular formula is C81H158O17P2. The highest BCUT2D eigenvalue weighted by Gasteiger charge is 2.30. The summed E-state index contributed by atoms with van der Waals surface area (Å²) in [4.78, 5) is 73.0. The number of ether oxygens (including phenoxy) is 4. The van der Waals surface area contributed by atoms with Crippen LogP contribution in [0.4, 0.5) is 0 Å². The molecule has 6 atom stereocenters. The fourth-order valence-corrected chi connectivity index (χ4v) is 14.0. The summed E-state index contributed by atoms with van der Waals surface area (Å²) in [6.45, 7) is 14.3. The van der Waals surface area contributed by atoms with Crippen molar-refractivity contribution in [3.05, 3.63) is 0 Å². The van der Waals surface area contributed by atoms with Gasteiger partial charge in [0.05, 0.1) is 26.4 Å². The Balaban J connectivity index is 5.22. The highest BCUT2D eigenvalue weighted by Crippen LogP contribution is 2.45. The van der Waals surface area contributed by atoms with Gasteiger partial charge in [-0.3, -0.25) is 37.3 Å². The number of phosphoric ester groups is 2. The summed E-state index contributed by atoms with van der Waals surface area (Å²) >= 11 is 0. The summed E-state index contributed by atoms with van der Waals surface area (Å²) in [6, 6.07) is 0. The van der Waals surface area contributed by atoms with E-state index in [1.807, 2.05) is 0 Å². The Bertz CT molecular complexity index is 1960. The molecule has 0 spiro atoms. The van der Waals surface area contributed by atoms with E-state index in [1.165, 1.54) is 212 Å². The number of carbonyl (C=O) groups is 4. The van der Waals surface area contributed by atoms with E-state index in [0.29, 0.717) is 31.6 Å². The van der Waals surface area contributed by atoms with Crippen molar-refractivity contribution >= 4 is 39.5 Å². The maximum absolute atomic E-state index is 13.1. The van der Waals surface area contributed by atoms with E-state index in [2.05, 4.69) is 55.4 Å². The lowest BCUT2D eigenvalue weighted by Gasteiger charge is -2.21. The minimum atomic E-state index is -4.96. The molecule has 4 unspecified atom stereocenters. The largest absolute Gasteiger partial charge is 0.472 e. The van der Waals surface area contributed by atoms with Crippen molar-refractivity contribution in [1.82, 2.24) is 0 Å². The first-order valence-corrected chi connectivity index (χ1v) is 44.7. The Morgan fingerprint density at radius 3 is 0.710 bits per heavy atom. The number of rotatable bonds is 78. The van der Waals surface area contributed by atoms with Crippen molar-refractivity contribution in [2.45, 2.75) is 433 Å². The summed E-state index contributed by atoms with van der Waals surface area (Å²) in [5.74, 6) is 0.993. The topological polar surface area (TPSA) is 237 Å². The van der Waals surface area contributed by atoms with Gasteiger partial charge in [0.15, 0.2) is 12.2 Å². The number of hydrogen-bond donors (Lipinski definition) is 3. The molecule has 19 heteroatoms. The molecule has 0 aliphatic carbocycles. The third-order valence-electron chi connectivity index (χ3n) is 19.2. The van der Waals surface area contributed by atoms with Gasteiger partial charge < -0.3 is 33.8 Å². The van der Waals surface area contributed by atoms with Crippen LogP contribution in [-0.2, 0) is 65.4 Å². The van der Waals surface area contributed by atoms with Gasteiger partial charge in [0, 0.05) is 25.7 Å². The van der Waals surface area contributed by atoms with Crippen LogP contribution in [0.2, 0.25) is 0 Å². The van der Waals surface area contributed by atoms with Crippen LogP contribution in [0, 0.1) is 23.7 Å². The molecule has 0 aromatic carbocycles. The predicted molar refractivity (Wildman–Crippen MR) is 409 cm³/mol. The van der Waals surface area contributed by atoms with Gasteiger partial charge >= 0.3 is 39.5 Å². The molecule has 0 heterocycles. The highest BCUT2D eigenvalue weighted by atomic mass is 31.2. The van der Waals surface area contributed by atoms with Gasteiger partial charge in [0.2, 0.25) is 0 Å². The lowest BCUT2D eigenvalue weighted by atomic mass is 9.99. The molecule has 0 radical (unpaired) electrons. The van der Waals surface area contributed by atoms with E-state index < -0.39 is 97.5 Å². The van der Waals surface area contributed by atoms with Crippen LogP contribution in [0.5, 0.6) is 0 Å². The molecule has 0 amide bonds. The van der Waals surface area contributed by atoms with Crippen molar-refractivity contribution in [3.8, 4) is 0 Å². The Hall–Kier alpha value is -1.94. The number of phosphoric acid groups is 2. The fourth-order valence-electron chi connectivity index (χ4n) is 12.4. The lowest BCUT2D eigenvalue weighted by molar-refractivity contribution is -0.161. The summed E-state index contributed by atoms with van der Waals surface area (Å²) in [6.07, 6.45) is 57.0. The zero-order valence-corrected chi connectivity index (χ0v) is 67.6. The zero-order valence-electron chi connectivity index (χ0n) is 65.8. The molecule has 0 saturated carbocycles. The second-order valence-electron chi connectivity index (χ2n) is 30.8. The molecule has 594 valence electrons. The molecular weight excluding hydrogens is 1310 g/mol. The van der Waals surface area contributed by atoms with Crippen molar-refractivity contribution in [1.29, 1.82) is 0 Å². The SMILES string of the molecule is CCC(C)CCCCCCCCCCCCCCCCC(=O)OC[C@H](COP(=O)(O)OCC(O)COP(=O)(O)OC[C@@H](COC(=O)CCCCCCCCC(C)C)OC(=O)CCCCCCCCCCCCCCCCCC(C)C)OC(=O)CCCCCCCCCCCCCCC(C)C. The van der Waals surface area contributed by atoms with E-state index >= 15 is 0 Å². The summed E-state index contributed by atoms with van der Waals surface area (Å²) in [5.41, 5.74) is 0. The highest BCUT2D eigenvalue weighted by molar-refractivity contribution is 7.47. The molecule has 0 aliphatic rings. The minimum Gasteiger partial charge on any atom is -0.462 e. The third kappa shape index (κ3) is 73.0. The van der Waals surface area contributed by atoms with Gasteiger partial charge in [-0.15, -0.1) is 0 Å². The van der Waals surface area contributed by atoms with Crippen LogP contribution in [0.15, 0.2) is 0 Å². The summed E-state index contributed by atoms with van der Waals surface area (Å²) < 4.78 is 68.7. The van der Waals surface area contributed by atoms with Gasteiger partial charge in [-0.25, -0.2) is 9.13 Å². The van der Waals surface area contributed by atoms with E-state index in [0.717, 1.165) is 114 Å². The van der Waals surface area contributed by atoms with Gasteiger partial charge in [-0.1, -0.05) is 364 Å². The Morgan fingerprint density at radius 1 is 0.280 bits per heavy atom. The number of aliphatic hydroxyl groups is 1. The first-order valence-electron chi connectivity index (χ1n) is 41.7. The number of unbranched alkanes of at least 4 members (excludes halogenated alkanes) is 43. The molecule has 17 nitrogen and oxygen atoms in total. The Kier molecular flexibility index (Phi) is 68.7. The molecule has 0 bridgehead atoms. The Labute approximate surface area is 613 Å². The predicted octanol–water partition coefficient (Wildman–Crippen LogP) is 24.0. The molecule has 0 aromatic rings. The second-order valence-corrected chi connectivity index (χ2v) is 33.7. The molecule has 0 aliphatic heterocycles. The number of esters is 4. The van der Waals surface area contributed by atoms with Crippen LogP contribution in [0.25, 0.3) is 0 Å². The molecule has 0 aromatic heterocycles. The quantitative estimate of drug-likeness (QED) is 0.0222. The molecule has 0 saturated heterocycles. The average molecular weight is 1470 g/mol. The third-order valence-corrected chi connectivity index (χ3v) is 21.1. The van der Waals surface area contributed by atoms with Crippen LogP contribution >= 0.6 is 15.6 Å². The van der Waals surface area contributed by atoms with Crippen molar-refractivity contribution in [3.63, 3.8) is 0 Å². The average Bonchev–Trinajstić information content (AvgIpc) is 0.945. The standard InChI is InChI=1S/C81H158O17P2/c1-9-74(8)60-52-44-35-29-23-16-13-14-17-24-30-36-45-53-61-78(83)91-67-76(97-80(85)64-56-48-38-32-26-20-19-22-28-34-42-50-58-72(4)5)69-95-99(87,88)93-65-75(82)66-94-100(89,90)96-70-77(68-92-79(84)62-54-46-40-39-43-51-59-73(6)7)98-81(86)63-55-47-37-31-25-18-12-10-11-15-21-27-33-41-49-57-71(2)3/h71-77,82H,9-70H2,1-8H3,(H,87,88)(H,89,90)/t74?,75?,76-,77-/m1/s1. The van der Waals surface area contributed by atoms with Crippen LogP contribution < -0.4 is 0 Å². The maximum Gasteiger partial charge on any atom is 0.472 e. The van der Waals surface area contributed by atoms with Crippen LogP contribution in [0.1, 0.15) is 415 Å². The lowest BCUT2D eigenvalue weighted by Crippen LogP contribution is -2.30. The normalized spacial score (nSPS) is 14.3. The van der Waals surface area contributed by atoms with Gasteiger partial charge in [0.1, 0.15) is 19.3 Å². The zero-order chi connectivity index (χ0) is 73.8. The second kappa shape index (κ2) is 70.1. The smallest absolute Gasteiger partial charge is 0.462 e. The number of carbonyl (C=O) groups excluding carboxylic acids is 4. The van der Waals surface area contributed by atoms with E-state index in [4.69, 9.17) is 37.0 Å². The first-order chi connectivity index (χ1) is 48.1. The van der Waals surface area contributed by atoms with Crippen molar-refractivity contribution in [2.75, 3.05) is 39.6 Å². The van der Waals surface area contributed by atoms with Crippen molar-refractivity contribution < 1.29 is 80.2 Å². The fraction of sp³-hybridized carbons (Fsp3) is 0.951. The van der Waals surface area contributed by atoms with E-state index in [9.17, 15) is 43.2 Å². The molecule has 0 rings (SSSR count). The van der Waals surface area contributed by atoms with Crippen molar-refractivity contribution in [2.24, 2.45) is 23.7 Å². The minimum absolute atomic E-state index is 0.106.